The van der Waals surface area contributed by atoms with E-state index >= 15 is 0 Å². The van der Waals surface area contributed by atoms with Gasteiger partial charge in [-0.25, -0.2) is 0 Å². The van der Waals surface area contributed by atoms with Gasteiger partial charge in [0.15, 0.2) is 0 Å². The number of hydrogen-bond donors (Lipinski definition) is 0. The summed E-state index contributed by atoms with van der Waals surface area (Å²) in [5, 5.41) is 0.897. The summed E-state index contributed by atoms with van der Waals surface area (Å²) in [6.45, 7) is 1.03. The van der Waals surface area contributed by atoms with E-state index in [0.717, 1.165) is 11.6 Å². The quantitative estimate of drug-likeness (QED) is 0.534. The van der Waals surface area contributed by atoms with Crippen molar-refractivity contribution in [1.29, 1.82) is 0 Å². The van der Waals surface area contributed by atoms with Gasteiger partial charge in [0, 0.05) is 24.8 Å². The molecule has 0 amide bonds. The van der Waals surface area contributed by atoms with E-state index in [-0.39, 0.29) is 12.4 Å². The molecular formula is C19H16Cl3F3N2. The van der Waals surface area contributed by atoms with Gasteiger partial charge in [-0.3, -0.25) is 4.99 Å². The molecule has 27 heavy (non-hydrogen) atoms. The first-order valence-corrected chi connectivity index (χ1v) is 8.61. The minimum Gasteiger partial charge on any atom is -0.372 e. The summed E-state index contributed by atoms with van der Waals surface area (Å²) in [6.07, 6.45) is -0.784. The number of likely N-dealkylation sites (N-methyl/N-ethyl adjacent to an activating group) is 1. The molecule has 0 saturated heterocycles. The lowest BCUT2D eigenvalue weighted by Gasteiger charge is -2.20. The fourth-order valence-corrected chi connectivity index (χ4v) is 3.01. The topological polar surface area (TPSA) is 15.6 Å². The molecule has 1 heterocycles. The van der Waals surface area contributed by atoms with Gasteiger partial charge in [0.1, 0.15) is 0 Å². The normalized spacial score (nSPS) is 14.4. The second-order valence-electron chi connectivity index (χ2n) is 5.93. The van der Waals surface area contributed by atoms with Crippen molar-refractivity contribution in [2.24, 2.45) is 4.99 Å². The number of aliphatic imine (C=N–C) groups is 1. The predicted molar refractivity (Wildman–Crippen MR) is 109 cm³/mol. The number of halogens is 6. The number of benzodiazepines with no additional fused rings is 1. The first-order valence-electron chi connectivity index (χ1n) is 7.86. The summed E-state index contributed by atoms with van der Waals surface area (Å²) in [5.74, 6) is 0. The van der Waals surface area contributed by atoms with Crippen LogP contribution in [0.2, 0.25) is 10.0 Å². The monoisotopic (exact) mass is 434 g/mol. The zero-order valence-electron chi connectivity index (χ0n) is 14.2. The Bertz CT molecular complexity index is 892. The van der Waals surface area contributed by atoms with Crippen LogP contribution in [0, 0.1) is 0 Å². The van der Waals surface area contributed by atoms with Crippen LogP contribution in [0.3, 0.4) is 0 Å². The number of nitrogens with zero attached hydrogens (tertiary/aromatic N) is 2. The van der Waals surface area contributed by atoms with Crippen molar-refractivity contribution in [2.75, 3.05) is 25.0 Å². The van der Waals surface area contributed by atoms with E-state index < -0.39 is 11.7 Å². The standard InChI is InChI=1S/C19H15Cl2F3N2.ClH/c1-26-9-8-25-17(7-3-12-2-6-15(20)16(21)10-12)14-5-4-13(11-18(14)26)19(22,23)24;/h2-7,10-11H,8-9H2,1H3;1H/b7-3+;. The van der Waals surface area contributed by atoms with Crippen LogP contribution in [-0.2, 0) is 6.18 Å². The minimum atomic E-state index is -4.38. The summed E-state index contributed by atoms with van der Waals surface area (Å²) < 4.78 is 39.1. The number of alkyl halides is 3. The molecule has 0 aliphatic carbocycles. The zero-order valence-corrected chi connectivity index (χ0v) is 16.6. The summed E-state index contributed by atoms with van der Waals surface area (Å²) in [7, 11) is 1.76. The molecule has 0 spiro atoms. The molecule has 0 saturated carbocycles. The maximum Gasteiger partial charge on any atom is 0.416 e. The van der Waals surface area contributed by atoms with E-state index in [9.17, 15) is 13.2 Å². The van der Waals surface area contributed by atoms with E-state index in [4.69, 9.17) is 23.2 Å². The number of rotatable bonds is 2. The van der Waals surface area contributed by atoms with E-state index in [1.165, 1.54) is 12.1 Å². The highest BCUT2D eigenvalue weighted by Crippen LogP contribution is 2.34. The SMILES string of the molecule is CN1CCN=C(/C=C/c2ccc(Cl)c(Cl)c2)c2ccc(C(F)(F)F)cc21.Cl. The Balaban J connectivity index is 0.00000261. The largest absolute Gasteiger partial charge is 0.416 e. The van der Waals surface area contributed by atoms with Gasteiger partial charge in [0.05, 0.1) is 27.9 Å². The number of benzene rings is 2. The van der Waals surface area contributed by atoms with E-state index in [1.54, 1.807) is 30.2 Å². The van der Waals surface area contributed by atoms with E-state index in [0.29, 0.717) is 40.1 Å². The van der Waals surface area contributed by atoms with Gasteiger partial charge in [-0.1, -0.05) is 41.4 Å². The number of hydrogen-bond acceptors (Lipinski definition) is 2. The van der Waals surface area contributed by atoms with Gasteiger partial charge in [-0.05, 0) is 35.9 Å². The average Bonchev–Trinajstić information content (AvgIpc) is 2.74. The Labute approximate surface area is 171 Å². The first kappa shape index (κ1) is 21.6. The van der Waals surface area contributed by atoms with Crippen LogP contribution in [0.15, 0.2) is 47.5 Å². The van der Waals surface area contributed by atoms with Crippen molar-refractivity contribution < 1.29 is 13.2 Å². The predicted octanol–water partition coefficient (Wildman–Crippen LogP) is 6.39. The molecule has 3 rings (SSSR count). The highest BCUT2D eigenvalue weighted by molar-refractivity contribution is 6.42. The van der Waals surface area contributed by atoms with Crippen molar-refractivity contribution in [2.45, 2.75) is 6.18 Å². The van der Waals surface area contributed by atoms with Gasteiger partial charge in [0.2, 0.25) is 0 Å². The van der Waals surface area contributed by atoms with Gasteiger partial charge >= 0.3 is 6.18 Å². The van der Waals surface area contributed by atoms with Gasteiger partial charge in [-0.2, -0.15) is 13.2 Å². The van der Waals surface area contributed by atoms with Crippen LogP contribution in [-0.4, -0.2) is 25.8 Å². The minimum absolute atomic E-state index is 0. The second-order valence-corrected chi connectivity index (χ2v) is 6.74. The fourth-order valence-electron chi connectivity index (χ4n) is 2.70. The van der Waals surface area contributed by atoms with Crippen molar-refractivity contribution in [3.63, 3.8) is 0 Å². The molecule has 0 unspecified atom stereocenters. The maximum absolute atomic E-state index is 13.0. The summed E-state index contributed by atoms with van der Waals surface area (Å²) in [6, 6.07) is 8.94. The van der Waals surface area contributed by atoms with Gasteiger partial charge < -0.3 is 4.90 Å². The third kappa shape index (κ3) is 4.98. The van der Waals surface area contributed by atoms with Crippen LogP contribution in [0.25, 0.3) is 6.08 Å². The molecule has 2 aromatic carbocycles. The molecule has 8 heteroatoms. The first-order chi connectivity index (χ1) is 12.3. The zero-order chi connectivity index (χ0) is 18.9. The Morgan fingerprint density at radius 2 is 1.78 bits per heavy atom. The summed E-state index contributed by atoms with van der Waals surface area (Å²) >= 11 is 11.9. The van der Waals surface area contributed by atoms with Gasteiger partial charge in [0.25, 0.3) is 0 Å². The molecular weight excluding hydrogens is 420 g/mol. The lowest BCUT2D eigenvalue weighted by Crippen LogP contribution is -2.21. The number of fused-ring (bicyclic) bond motifs is 1. The maximum atomic E-state index is 13.0. The van der Waals surface area contributed by atoms with Crippen LogP contribution < -0.4 is 4.90 Å². The fraction of sp³-hybridized carbons (Fsp3) is 0.211. The molecule has 2 aromatic rings. The van der Waals surface area contributed by atoms with Crippen molar-refractivity contribution in [3.05, 3.63) is 69.2 Å². The van der Waals surface area contributed by atoms with Crippen molar-refractivity contribution in [1.82, 2.24) is 0 Å². The highest BCUT2D eigenvalue weighted by atomic mass is 35.5. The number of allylic oxidation sites excluding steroid dienone is 1. The number of anilines is 1. The highest BCUT2D eigenvalue weighted by Gasteiger charge is 2.32. The Hall–Kier alpha value is -1.69. The second kappa shape index (κ2) is 8.55. The molecule has 144 valence electrons. The van der Waals surface area contributed by atoms with Crippen LogP contribution >= 0.6 is 35.6 Å². The smallest absolute Gasteiger partial charge is 0.372 e. The molecule has 0 radical (unpaired) electrons. The molecule has 0 fully saturated rings. The third-order valence-corrected chi connectivity index (χ3v) is 4.85. The van der Waals surface area contributed by atoms with E-state index in [1.807, 2.05) is 12.1 Å². The molecule has 0 bridgehead atoms. The van der Waals surface area contributed by atoms with Gasteiger partial charge in [-0.15, -0.1) is 12.4 Å². The third-order valence-electron chi connectivity index (χ3n) is 4.11. The Morgan fingerprint density at radius 1 is 1.04 bits per heavy atom. The van der Waals surface area contributed by atoms with Crippen LogP contribution in [0.5, 0.6) is 0 Å². The molecule has 0 atom stereocenters. The molecule has 2 nitrogen and oxygen atoms in total. The van der Waals surface area contributed by atoms with Crippen molar-refractivity contribution in [3.8, 4) is 0 Å². The summed E-state index contributed by atoms with van der Waals surface area (Å²) in [5.41, 5.74) is 1.96. The van der Waals surface area contributed by atoms with Crippen molar-refractivity contribution >= 4 is 53.1 Å². The molecule has 1 aliphatic rings. The average molecular weight is 436 g/mol. The van der Waals surface area contributed by atoms with Crippen LogP contribution in [0.4, 0.5) is 18.9 Å². The molecule has 0 aromatic heterocycles. The van der Waals surface area contributed by atoms with Crippen LogP contribution in [0.1, 0.15) is 16.7 Å². The molecule has 1 aliphatic heterocycles. The Morgan fingerprint density at radius 3 is 2.44 bits per heavy atom. The van der Waals surface area contributed by atoms with E-state index in [2.05, 4.69) is 4.99 Å². The lowest BCUT2D eigenvalue weighted by atomic mass is 10.0. The lowest BCUT2D eigenvalue weighted by molar-refractivity contribution is -0.137. The summed E-state index contributed by atoms with van der Waals surface area (Å²) in [4.78, 5) is 6.30. The Kier molecular flexibility index (Phi) is 6.84. The molecule has 0 N–H and O–H groups in total.